The third-order valence-corrected chi connectivity index (χ3v) is 7.21. The molecule has 2 aliphatic carbocycles. The molecule has 1 saturated heterocycles. The summed E-state index contributed by atoms with van der Waals surface area (Å²) in [5, 5.41) is 10.0. The molecule has 32 heavy (non-hydrogen) atoms. The Kier molecular flexibility index (Phi) is 4.47. The molecule has 0 radical (unpaired) electrons. The standard InChI is InChI=1S/C26H27N3O3/c30-24(28-11-13-29(14-12-28)25(31)26(32)9-10-26)19-5-1-17(2-6-19)20-7-8-22-21(15-20)16-27-23(22)18-3-4-18/h1-2,5-8,15,18,32H,3-4,9-14,16H2. The van der Waals surface area contributed by atoms with Gasteiger partial charge in [-0.3, -0.25) is 14.6 Å². The summed E-state index contributed by atoms with van der Waals surface area (Å²) in [4.78, 5) is 33.5. The average Bonchev–Trinajstić information content (AvgIpc) is 3.77. The van der Waals surface area contributed by atoms with Crippen molar-refractivity contribution in [2.45, 2.75) is 37.8 Å². The highest BCUT2D eigenvalue weighted by Gasteiger charge is 2.50. The summed E-state index contributed by atoms with van der Waals surface area (Å²) < 4.78 is 0. The normalized spacial score (nSPS) is 21.2. The Labute approximate surface area is 187 Å². The number of carbonyl (C=O) groups is 2. The van der Waals surface area contributed by atoms with Gasteiger partial charge in [-0.25, -0.2) is 0 Å². The zero-order valence-electron chi connectivity index (χ0n) is 18.1. The van der Waals surface area contributed by atoms with E-state index in [9.17, 15) is 14.7 Å². The van der Waals surface area contributed by atoms with Crippen molar-refractivity contribution in [2.75, 3.05) is 26.2 Å². The molecule has 0 aromatic heterocycles. The highest BCUT2D eigenvalue weighted by molar-refractivity contribution is 6.06. The van der Waals surface area contributed by atoms with Gasteiger partial charge in [0.2, 0.25) is 0 Å². The second-order valence-electron chi connectivity index (χ2n) is 9.54. The summed E-state index contributed by atoms with van der Waals surface area (Å²) in [6, 6.07) is 14.4. The molecular formula is C26H27N3O3. The van der Waals surface area contributed by atoms with E-state index in [0.29, 0.717) is 50.5 Å². The van der Waals surface area contributed by atoms with Gasteiger partial charge in [0.25, 0.3) is 11.8 Å². The predicted octanol–water partition coefficient (Wildman–Crippen LogP) is 2.88. The molecule has 2 aromatic carbocycles. The van der Waals surface area contributed by atoms with Crippen LogP contribution in [0.2, 0.25) is 0 Å². The van der Waals surface area contributed by atoms with Crippen LogP contribution in [0.5, 0.6) is 0 Å². The van der Waals surface area contributed by atoms with Gasteiger partial charge in [0.05, 0.1) is 6.54 Å². The second-order valence-corrected chi connectivity index (χ2v) is 9.54. The number of piperazine rings is 1. The maximum absolute atomic E-state index is 13.0. The molecule has 4 aliphatic rings. The van der Waals surface area contributed by atoms with E-state index in [-0.39, 0.29) is 11.8 Å². The molecule has 164 valence electrons. The van der Waals surface area contributed by atoms with Gasteiger partial charge in [-0.2, -0.15) is 0 Å². The number of nitrogens with zero attached hydrogens (tertiary/aromatic N) is 3. The fourth-order valence-electron chi connectivity index (χ4n) is 4.84. The van der Waals surface area contributed by atoms with Crippen molar-refractivity contribution in [1.82, 2.24) is 9.80 Å². The number of benzene rings is 2. The minimum Gasteiger partial charge on any atom is -0.380 e. The fraction of sp³-hybridized carbons (Fsp3) is 0.423. The lowest BCUT2D eigenvalue weighted by Crippen LogP contribution is -2.53. The maximum Gasteiger partial charge on any atom is 0.254 e. The molecule has 2 aliphatic heterocycles. The Balaban J connectivity index is 1.11. The van der Waals surface area contributed by atoms with Crippen LogP contribution < -0.4 is 0 Å². The number of hydrogen-bond donors (Lipinski definition) is 1. The van der Waals surface area contributed by atoms with E-state index in [1.165, 1.54) is 29.7 Å². The number of rotatable bonds is 4. The Hall–Kier alpha value is -2.99. The lowest BCUT2D eigenvalue weighted by atomic mass is 9.96. The average molecular weight is 430 g/mol. The van der Waals surface area contributed by atoms with Crippen molar-refractivity contribution in [3.05, 3.63) is 59.2 Å². The second kappa shape index (κ2) is 7.27. The van der Waals surface area contributed by atoms with E-state index in [0.717, 1.165) is 17.7 Å². The third-order valence-electron chi connectivity index (χ3n) is 7.21. The fourth-order valence-corrected chi connectivity index (χ4v) is 4.84. The van der Waals surface area contributed by atoms with Crippen LogP contribution in [0.25, 0.3) is 11.1 Å². The number of carbonyl (C=O) groups excluding carboxylic acids is 2. The van der Waals surface area contributed by atoms with Crippen molar-refractivity contribution in [2.24, 2.45) is 10.9 Å². The van der Waals surface area contributed by atoms with Gasteiger partial charge in [0.15, 0.2) is 0 Å². The van der Waals surface area contributed by atoms with Crippen LogP contribution in [-0.2, 0) is 11.3 Å². The molecule has 6 heteroatoms. The van der Waals surface area contributed by atoms with Crippen LogP contribution in [0, 0.1) is 5.92 Å². The Bertz CT molecular complexity index is 1120. The molecule has 6 nitrogen and oxygen atoms in total. The highest BCUT2D eigenvalue weighted by atomic mass is 16.3. The molecule has 2 heterocycles. The quantitative estimate of drug-likeness (QED) is 0.812. The van der Waals surface area contributed by atoms with Gasteiger partial charge in [-0.1, -0.05) is 24.3 Å². The molecule has 2 saturated carbocycles. The highest BCUT2D eigenvalue weighted by Crippen LogP contribution is 2.38. The molecule has 0 spiro atoms. The van der Waals surface area contributed by atoms with E-state index in [2.05, 4.69) is 18.2 Å². The first kappa shape index (κ1) is 19.7. The number of aliphatic imine (C=N–C) groups is 1. The first-order valence-corrected chi connectivity index (χ1v) is 11.6. The van der Waals surface area contributed by atoms with E-state index >= 15 is 0 Å². The van der Waals surface area contributed by atoms with Crippen molar-refractivity contribution in [3.63, 3.8) is 0 Å². The van der Waals surface area contributed by atoms with Gasteiger partial charge in [-0.05, 0) is 60.6 Å². The number of amides is 2. The summed E-state index contributed by atoms with van der Waals surface area (Å²) in [5.74, 6) is 0.481. The van der Waals surface area contributed by atoms with Crippen molar-refractivity contribution >= 4 is 17.5 Å². The zero-order valence-corrected chi connectivity index (χ0v) is 18.1. The smallest absolute Gasteiger partial charge is 0.254 e. The molecule has 0 unspecified atom stereocenters. The largest absolute Gasteiger partial charge is 0.380 e. The van der Waals surface area contributed by atoms with Crippen LogP contribution in [0.1, 0.15) is 47.2 Å². The minimum atomic E-state index is -1.13. The number of fused-ring (bicyclic) bond motifs is 1. The summed E-state index contributed by atoms with van der Waals surface area (Å²) in [6.45, 7) is 2.72. The lowest BCUT2D eigenvalue weighted by Gasteiger charge is -2.35. The first-order valence-electron chi connectivity index (χ1n) is 11.6. The SMILES string of the molecule is O=C(c1ccc(-c2ccc3c(c2)CN=C3C2CC2)cc1)N1CCN(C(=O)C2(O)CC2)CC1. The topological polar surface area (TPSA) is 73.2 Å². The molecule has 6 rings (SSSR count). The van der Waals surface area contributed by atoms with Gasteiger partial charge in [0, 0.05) is 48.9 Å². The van der Waals surface area contributed by atoms with Gasteiger partial charge in [0.1, 0.15) is 5.60 Å². The van der Waals surface area contributed by atoms with E-state index < -0.39 is 5.60 Å². The van der Waals surface area contributed by atoms with E-state index in [1.54, 1.807) is 9.80 Å². The summed E-state index contributed by atoms with van der Waals surface area (Å²) in [7, 11) is 0. The molecule has 3 fully saturated rings. The number of aliphatic hydroxyl groups is 1. The van der Waals surface area contributed by atoms with Crippen LogP contribution in [0.4, 0.5) is 0 Å². The van der Waals surface area contributed by atoms with Gasteiger partial charge in [-0.15, -0.1) is 0 Å². The van der Waals surface area contributed by atoms with Crippen molar-refractivity contribution < 1.29 is 14.7 Å². The summed E-state index contributed by atoms with van der Waals surface area (Å²) in [5.41, 5.74) is 5.68. The molecule has 2 aromatic rings. The van der Waals surface area contributed by atoms with Crippen LogP contribution in [0.3, 0.4) is 0 Å². The van der Waals surface area contributed by atoms with Crippen molar-refractivity contribution in [3.8, 4) is 11.1 Å². The lowest BCUT2D eigenvalue weighted by molar-refractivity contribution is -0.143. The molecule has 0 atom stereocenters. The Morgan fingerprint density at radius 3 is 2.22 bits per heavy atom. The maximum atomic E-state index is 13.0. The molecule has 2 amide bonds. The third kappa shape index (κ3) is 3.43. The zero-order chi connectivity index (χ0) is 21.9. The summed E-state index contributed by atoms with van der Waals surface area (Å²) >= 11 is 0. The Morgan fingerprint density at radius 2 is 1.56 bits per heavy atom. The van der Waals surface area contributed by atoms with E-state index in [4.69, 9.17) is 4.99 Å². The van der Waals surface area contributed by atoms with Crippen LogP contribution >= 0.6 is 0 Å². The minimum absolute atomic E-state index is 0.00906. The first-order chi connectivity index (χ1) is 15.5. The van der Waals surface area contributed by atoms with Gasteiger partial charge < -0.3 is 14.9 Å². The van der Waals surface area contributed by atoms with Crippen LogP contribution in [-0.4, -0.2) is 64.2 Å². The molecule has 0 bridgehead atoms. The molecular weight excluding hydrogens is 402 g/mol. The molecule has 1 N–H and O–H groups in total. The van der Waals surface area contributed by atoms with Gasteiger partial charge >= 0.3 is 0 Å². The predicted molar refractivity (Wildman–Crippen MR) is 122 cm³/mol. The Morgan fingerprint density at radius 1 is 0.906 bits per heavy atom. The number of hydrogen-bond acceptors (Lipinski definition) is 4. The van der Waals surface area contributed by atoms with E-state index in [1.807, 2.05) is 24.3 Å². The monoisotopic (exact) mass is 429 g/mol. The summed E-state index contributed by atoms with van der Waals surface area (Å²) in [6.07, 6.45) is 3.64. The van der Waals surface area contributed by atoms with Crippen LogP contribution in [0.15, 0.2) is 47.5 Å². The van der Waals surface area contributed by atoms with Crippen molar-refractivity contribution in [1.29, 1.82) is 0 Å².